The first-order chi connectivity index (χ1) is 7.61. The van der Waals surface area contributed by atoms with Crippen LogP contribution in [0.1, 0.15) is 10.4 Å². The van der Waals surface area contributed by atoms with E-state index >= 15 is 0 Å². The van der Waals surface area contributed by atoms with Gasteiger partial charge in [0.25, 0.3) is 0 Å². The van der Waals surface area contributed by atoms with Crippen molar-refractivity contribution in [3.63, 3.8) is 0 Å². The van der Waals surface area contributed by atoms with Gasteiger partial charge in [0.05, 0.1) is 5.56 Å². The highest BCUT2D eigenvalue weighted by Crippen LogP contribution is 2.14. The third-order valence-corrected chi connectivity index (χ3v) is 1.82. The second-order valence-electron chi connectivity index (χ2n) is 2.95. The Balaban J connectivity index is 2.53. The smallest absolute Gasteiger partial charge is 0.404 e. The molecule has 6 nitrogen and oxygen atoms in total. The molecular formula is C10H12N2O4. The maximum Gasteiger partial charge on any atom is 0.404 e. The van der Waals surface area contributed by atoms with Gasteiger partial charge in [0.1, 0.15) is 6.61 Å². The van der Waals surface area contributed by atoms with E-state index in [9.17, 15) is 9.59 Å². The van der Waals surface area contributed by atoms with Gasteiger partial charge in [0, 0.05) is 12.2 Å². The van der Waals surface area contributed by atoms with Crippen molar-refractivity contribution in [2.45, 2.75) is 0 Å². The van der Waals surface area contributed by atoms with Crippen LogP contribution in [-0.2, 0) is 4.74 Å². The molecule has 1 rings (SSSR count). The van der Waals surface area contributed by atoms with Gasteiger partial charge in [0.15, 0.2) is 0 Å². The molecule has 1 amide bonds. The lowest BCUT2D eigenvalue weighted by molar-refractivity contribution is 0.0697. The van der Waals surface area contributed by atoms with E-state index in [1.165, 1.54) is 6.07 Å². The van der Waals surface area contributed by atoms with Crippen LogP contribution in [0.25, 0.3) is 0 Å². The molecule has 4 N–H and O–H groups in total. The molecule has 0 saturated heterocycles. The molecule has 0 atom stereocenters. The summed E-state index contributed by atoms with van der Waals surface area (Å²) in [7, 11) is 0. The maximum atomic E-state index is 10.8. The fraction of sp³-hybridized carbons (Fsp3) is 0.200. The first-order valence-corrected chi connectivity index (χ1v) is 4.59. The zero-order valence-electron chi connectivity index (χ0n) is 8.47. The third-order valence-electron chi connectivity index (χ3n) is 1.82. The SMILES string of the molecule is NC(=O)OCCNc1ccccc1C(=O)O. The Kier molecular flexibility index (Phi) is 4.14. The standard InChI is InChI=1S/C10H12N2O4/c11-10(15)16-6-5-12-8-4-2-1-3-7(8)9(13)14/h1-4,12H,5-6H2,(H2,11,15)(H,13,14). The number of carbonyl (C=O) groups is 2. The molecule has 0 aromatic heterocycles. The van der Waals surface area contributed by atoms with Gasteiger partial charge in [-0.15, -0.1) is 0 Å². The number of hydrogen-bond donors (Lipinski definition) is 3. The second-order valence-corrected chi connectivity index (χ2v) is 2.95. The van der Waals surface area contributed by atoms with Crippen LogP contribution in [0.4, 0.5) is 10.5 Å². The molecule has 0 aliphatic rings. The van der Waals surface area contributed by atoms with Crippen molar-refractivity contribution in [2.24, 2.45) is 5.73 Å². The lowest BCUT2D eigenvalue weighted by Gasteiger charge is -2.08. The van der Waals surface area contributed by atoms with Crippen molar-refractivity contribution >= 4 is 17.7 Å². The van der Waals surface area contributed by atoms with Crippen LogP contribution >= 0.6 is 0 Å². The number of nitrogens with two attached hydrogens (primary N) is 1. The largest absolute Gasteiger partial charge is 0.478 e. The molecule has 0 aliphatic heterocycles. The van der Waals surface area contributed by atoms with E-state index in [2.05, 4.69) is 10.1 Å². The molecule has 16 heavy (non-hydrogen) atoms. The van der Waals surface area contributed by atoms with Gasteiger partial charge in [-0.2, -0.15) is 0 Å². The molecule has 0 unspecified atom stereocenters. The number of anilines is 1. The van der Waals surface area contributed by atoms with E-state index in [1.54, 1.807) is 18.2 Å². The van der Waals surface area contributed by atoms with Crippen LogP contribution < -0.4 is 11.1 Å². The summed E-state index contributed by atoms with van der Waals surface area (Å²) in [5.41, 5.74) is 5.41. The van der Waals surface area contributed by atoms with Crippen LogP contribution in [0, 0.1) is 0 Å². The van der Waals surface area contributed by atoms with Crippen molar-refractivity contribution in [1.82, 2.24) is 0 Å². The minimum Gasteiger partial charge on any atom is -0.478 e. The highest BCUT2D eigenvalue weighted by Gasteiger charge is 2.07. The third kappa shape index (κ3) is 3.49. The molecule has 0 spiro atoms. The monoisotopic (exact) mass is 224 g/mol. The van der Waals surface area contributed by atoms with E-state index in [0.29, 0.717) is 12.2 Å². The van der Waals surface area contributed by atoms with Gasteiger partial charge < -0.3 is 20.9 Å². The number of para-hydroxylation sites is 1. The number of carbonyl (C=O) groups excluding carboxylic acids is 1. The number of amides is 1. The number of nitrogens with one attached hydrogen (secondary N) is 1. The maximum absolute atomic E-state index is 10.8. The first kappa shape index (κ1) is 11.8. The Bertz CT molecular complexity index is 392. The molecule has 0 bridgehead atoms. The van der Waals surface area contributed by atoms with Crippen LogP contribution in [0.5, 0.6) is 0 Å². The summed E-state index contributed by atoms with van der Waals surface area (Å²) in [6, 6.07) is 6.46. The topological polar surface area (TPSA) is 102 Å². The highest BCUT2D eigenvalue weighted by molar-refractivity contribution is 5.94. The van der Waals surface area contributed by atoms with Crippen LogP contribution in [0.3, 0.4) is 0 Å². The van der Waals surface area contributed by atoms with Crippen molar-refractivity contribution < 1.29 is 19.4 Å². The molecule has 0 aliphatic carbocycles. The van der Waals surface area contributed by atoms with Gasteiger partial charge >= 0.3 is 12.1 Å². The Morgan fingerprint density at radius 2 is 2.06 bits per heavy atom. The minimum absolute atomic E-state index is 0.0866. The zero-order chi connectivity index (χ0) is 12.0. The van der Waals surface area contributed by atoms with Gasteiger partial charge in [-0.05, 0) is 12.1 Å². The van der Waals surface area contributed by atoms with E-state index in [1.807, 2.05) is 0 Å². The summed E-state index contributed by atoms with van der Waals surface area (Å²) in [6.07, 6.45) is -0.853. The van der Waals surface area contributed by atoms with Crippen LogP contribution in [0.2, 0.25) is 0 Å². The average molecular weight is 224 g/mol. The number of primary amides is 1. The zero-order valence-corrected chi connectivity index (χ0v) is 8.47. The van der Waals surface area contributed by atoms with E-state index in [-0.39, 0.29) is 12.2 Å². The number of carboxylic acid groups (broad SMARTS) is 1. The number of rotatable bonds is 5. The molecule has 0 fully saturated rings. The van der Waals surface area contributed by atoms with Gasteiger partial charge in [-0.3, -0.25) is 0 Å². The number of benzene rings is 1. The van der Waals surface area contributed by atoms with E-state index in [4.69, 9.17) is 10.8 Å². The van der Waals surface area contributed by atoms with Crippen molar-refractivity contribution in [1.29, 1.82) is 0 Å². The molecule has 1 aromatic rings. The predicted octanol–water partition coefficient (Wildman–Crippen LogP) is 0.892. The summed E-state index contributed by atoms with van der Waals surface area (Å²) in [4.78, 5) is 21.1. The fourth-order valence-electron chi connectivity index (χ4n) is 1.16. The Labute approximate surface area is 92.0 Å². The molecular weight excluding hydrogens is 212 g/mol. The van der Waals surface area contributed by atoms with E-state index in [0.717, 1.165) is 0 Å². The summed E-state index contributed by atoms with van der Waals surface area (Å²) in [5, 5.41) is 11.7. The van der Waals surface area contributed by atoms with Crippen molar-refractivity contribution in [2.75, 3.05) is 18.5 Å². The van der Waals surface area contributed by atoms with Gasteiger partial charge in [-0.1, -0.05) is 12.1 Å². The minimum atomic E-state index is -1.01. The number of carboxylic acids is 1. The number of aromatic carboxylic acids is 1. The summed E-state index contributed by atoms with van der Waals surface area (Å²) >= 11 is 0. The van der Waals surface area contributed by atoms with Crippen LogP contribution in [0.15, 0.2) is 24.3 Å². The van der Waals surface area contributed by atoms with Crippen molar-refractivity contribution in [3.8, 4) is 0 Å². The molecule has 6 heteroatoms. The average Bonchev–Trinajstić information content (AvgIpc) is 2.24. The Hall–Kier alpha value is -2.24. The van der Waals surface area contributed by atoms with Gasteiger partial charge in [-0.25, -0.2) is 9.59 Å². The lowest BCUT2D eigenvalue weighted by atomic mass is 10.2. The molecule has 0 saturated carbocycles. The lowest BCUT2D eigenvalue weighted by Crippen LogP contribution is -2.19. The molecule has 0 heterocycles. The molecule has 86 valence electrons. The summed E-state index contributed by atoms with van der Waals surface area (Å²) < 4.78 is 4.49. The normalized spacial score (nSPS) is 9.50. The summed E-state index contributed by atoms with van der Waals surface area (Å²) in [5.74, 6) is -1.01. The quantitative estimate of drug-likeness (QED) is 0.645. The van der Waals surface area contributed by atoms with Crippen LogP contribution in [-0.4, -0.2) is 30.3 Å². The Morgan fingerprint density at radius 1 is 1.38 bits per heavy atom. The molecule has 0 radical (unpaired) electrons. The first-order valence-electron chi connectivity index (χ1n) is 4.59. The van der Waals surface area contributed by atoms with Crippen molar-refractivity contribution in [3.05, 3.63) is 29.8 Å². The Morgan fingerprint density at radius 3 is 2.69 bits per heavy atom. The number of ether oxygens (including phenoxy) is 1. The van der Waals surface area contributed by atoms with Gasteiger partial charge in [0.2, 0.25) is 0 Å². The molecule has 1 aromatic carbocycles. The summed E-state index contributed by atoms with van der Waals surface area (Å²) in [6.45, 7) is 0.385. The number of hydrogen-bond acceptors (Lipinski definition) is 4. The second kappa shape index (κ2) is 5.59. The predicted molar refractivity (Wildman–Crippen MR) is 57.4 cm³/mol. The highest BCUT2D eigenvalue weighted by atomic mass is 16.5. The fourth-order valence-corrected chi connectivity index (χ4v) is 1.16. The van der Waals surface area contributed by atoms with E-state index < -0.39 is 12.1 Å².